The number of amidine groups is 1. The van der Waals surface area contributed by atoms with E-state index in [-0.39, 0.29) is 23.6 Å². The lowest BCUT2D eigenvalue weighted by Gasteiger charge is -2.26. The second kappa shape index (κ2) is 7.56. The Balaban J connectivity index is 1.46. The van der Waals surface area contributed by atoms with Crippen LogP contribution < -0.4 is 9.64 Å². The standard InChI is InChI=1S/C20H22N2O3S2/c1-15-7-9-16(10-8-15)22-19-14-27(23,24)13-18(19)21-20(22)26-12-11-25-17-5-3-2-4-6-17/h2-10,18-19H,11-14H2,1H3/t18-,19+/m1/s1. The third-order valence-electron chi connectivity index (χ3n) is 4.75. The molecular weight excluding hydrogens is 380 g/mol. The third kappa shape index (κ3) is 4.14. The van der Waals surface area contributed by atoms with Crippen LogP contribution in [0.15, 0.2) is 59.6 Å². The summed E-state index contributed by atoms with van der Waals surface area (Å²) in [6.45, 7) is 2.62. The van der Waals surface area contributed by atoms with E-state index in [0.29, 0.717) is 6.61 Å². The summed E-state index contributed by atoms with van der Waals surface area (Å²) in [6, 6.07) is 17.6. The first-order chi connectivity index (χ1) is 13.0. The third-order valence-corrected chi connectivity index (χ3v) is 7.38. The van der Waals surface area contributed by atoms with Crippen molar-refractivity contribution in [3.63, 3.8) is 0 Å². The normalized spacial score (nSPS) is 23.1. The summed E-state index contributed by atoms with van der Waals surface area (Å²) in [5, 5.41) is 0.889. The Morgan fingerprint density at radius 1 is 1.11 bits per heavy atom. The number of anilines is 1. The molecule has 0 bridgehead atoms. The maximum Gasteiger partial charge on any atom is 0.164 e. The van der Waals surface area contributed by atoms with Crippen LogP contribution in [-0.4, -0.2) is 49.5 Å². The van der Waals surface area contributed by atoms with Crippen LogP contribution >= 0.6 is 11.8 Å². The molecule has 0 spiro atoms. The summed E-state index contributed by atoms with van der Waals surface area (Å²) >= 11 is 1.62. The van der Waals surface area contributed by atoms with Crippen LogP contribution in [0.25, 0.3) is 0 Å². The minimum absolute atomic E-state index is 0.102. The lowest BCUT2D eigenvalue weighted by molar-refractivity contribution is 0.344. The first-order valence-electron chi connectivity index (χ1n) is 8.97. The van der Waals surface area contributed by atoms with E-state index < -0.39 is 9.84 Å². The summed E-state index contributed by atoms with van der Waals surface area (Å²) in [6.07, 6.45) is 0. The number of para-hydroxylation sites is 1. The molecule has 0 N–H and O–H groups in total. The zero-order valence-electron chi connectivity index (χ0n) is 15.1. The number of aliphatic imine (C=N–C) groups is 1. The SMILES string of the molecule is Cc1ccc(N2C(SCCOc3ccccc3)=N[C@@H]3CS(=O)(=O)C[C@@H]32)cc1. The molecule has 2 aromatic rings. The van der Waals surface area contributed by atoms with E-state index in [0.717, 1.165) is 22.4 Å². The summed E-state index contributed by atoms with van der Waals surface area (Å²) in [7, 11) is -3.02. The Kier molecular flexibility index (Phi) is 5.14. The number of sulfone groups is 1. The highest BCUT2D eigenvalue weighted by molar-refractivity contribution is 8.14. The molecule has 2 aromatic carbocycles. The zero-order chi connectivity index (χ0) is 18.9. The maximum atomic E-state index is 12.1. The van der Waals surface area contributed by atoms with Crippen molar-refractivity contribution in [2.75, 3.05) is 28.8 Å². The molecule has 0 saturated carbocycles. The minimum Gasteiger partial charge on any atom is -0.493 e. The van der Waals surface area contributed by atoms with Gasteiger partial charge in [-0.1, -0.05) is 47.7 Å². The van der Waals surface area contributed by atoms with Crippen molar-refractivity contribution in [1.29, 1.82) is 0 Å². The molecule has 142 valence electrons. The number of thioether (sulfide) groups is 1. The Morgan fingerprint density at radius 3 is 2.59 bits per heavy atom. The molecular formula is C20H22N2O3S2. The fraction of sp³-hybridized carbons (Fsp3) is 0.350. The topological polar surface area (TPSA) is 59.0 Å². The van der Waals surface area contributed by atoms with Crippen LogP contribution in [0.4, 0.5) is 5.69 Å². The van der Waals surface area contributed by atoms with Crippen molar-refractivity contribution in [3.05, 3.63) is 60.2 Å². The molecule has 0 unspecified atom stereocenters. The highest BCUT2D eigenvalue weighted by atomic mass is 32.2. The zero-order valence-corrected chi connectivity index (χ0v) is 16.7. The highest BCUT2D eigenvalue weighted by Crippen LogP contribution is 2.35. The number of hydrogen-bond donors (Lipinski definition) is 0. The van der Waals surface area contributed by atoms with Gasteiger partial charge in [-0.2, -0.15) is 0 Å². The van der Waals surface area contributed by atoms with Crippen molar-refractivity contribution >= 4 is 32.5 Å². The lowest BCUT2D eigenvalue weighted by Crippen LogP contribution is -2.39. The van der Waals surface area contributed by atoms with E-state index >= 15 is 0 Å². The molecule has 7 heteroatoms. The molecule has 0 radical (unpaired) electrons. The van der Waals surface area contributed by atoms with E-state index in [9.17, 15) is 8.42 Å². The summed E-state index contributed by atoms with van der Waals surface area (Å²) in [5.74, 6) is 1.91. The Hall–Kier alpha value is -1.99. The van der Waals surface area contributed by atoms with Crippen molar-refractivity contribution in [2.24, 2.45) is 4.99 Å². The van der Waals surface area contributed by atoms with Crippen molar-refractivity contribution in [2.45, 2.75) is 19.0 Å². The van der Waals surface area contributed by atoms with Crippen LogP contribution in [0, 0.1) is 6.92 Å². The molecule has 1 fully saturated rings. The van der Waals surface area contributed by atoms with Crippen molar-refractivity contribution in [3.8, 4) is 5.75 Å². The van der Waals surface area contributed by atoms with Gasteiger partial charge in [0.1, 0.15) is 5.75 Å². The lowest BCUT2D eigenvalue weighted by atomic mass is 10.1. The Morgan fingerprint density at radius 2 is 1.85 bits per heavy atom. The predicted octanol–water partition coefficient (Wildman–Crippen LogP) is 3.15. The molecule has 1 saturated heterocycles. The Bertz CT molecular complexity index is 927. The number of aryl methyl sites for hydroxylation is 1. The first kappa shape index (κ1) is 18.4. The van der Waals surface area contributed by atoms with Crippen LogP contribution in [0.1, 0.15) is 5.56 Å². The van der Waals surface area contributed by atoms with E-state index in [1.807, 2.05) is 61.5 Å². The monoisotopic (exact) mass is 402 g/mol. The maximum absolute atomic E-state index is 12.1. The summed E-state index contributed by atoms with van der Waals surface area (Å²) < 4.78 is 29.9. The molecule has 2 atom stereocenters. The number of nitrogens with zero attached hydrogens (tertiary/aromatic N) is 2. The van der Waals surface area contributed by atoms with E-state index in [1.54, 1.807) is 11.8 Å². The van der Waals surface area contributed by atoms with Gasteiger partial charge in [-0.05, 0) is 31.2 Å². The van der Waals surface area contributed by atoms with Crippen LogP contribution in [0.3, 0.4) is 0 Å². The second-order valence-electron chi connectivity index (χ2n) is 6.84. The number of rotatable bonds is 5. The average Bonchev–Trinajstić information content (AvgIpc) is 3.11. The quantitative estimate of drug-likeness (QED) is 0.719. The molecule has 2 aliphatic rings. The smallest absolute Gasteiger partial charge is 0.164 e. The van der Waals surface area contributed by atoms with E-state index in [2.05, 4.69) is 4.90 Å². The molecule has 0 amide bonds. The molecule has 2 aliphatic heterocycles. The first-order valence-corrected chi connectivity index (χ1v) is 11.8. The van der Waals surface area contributed by atoms with Gasteiger partial charge in [-0.15, -0.1) is 0 Å². The number of benzene rings is 2. The van der Waals surface area contributed by atoms with Gasteiger partial charge >= 0.3 is 0 Å². The largest absolute Gasteiger partial charge is 0.493 e. The Labute approximate surface area is 164 Å². The van der Waals surface area contributed by atoms with Gasteiger partial charge in [0.2, 0.25) is 0 Å². The van der Waals surface area contributed by atoms with Gasteiger partial charge in [-0.3, -0.25) is 4.99 Å². The van der Waals surface area contributed by atoms with Crippen LogP contribution in [0.2, 0.25) is 0 Å². The van der Waals surface area contributed by atoms with E-state index in [1.165, 1.54) is 5.56 Å². The van der Waals surface area contributed by atoms with Crippen LogP contribution in [-0.2, 0) is 9.84 Å². The fourth-order valence-corrected chi connectivity index (χ4v) is 6.23. The van der Waals surface area contributed by atoms with Crippen LogP contribution in [0.5, 0.6) is 5.75 Å². The van der Waals surface area contributed by atoms with Gasteiger partial charge < -0.3 is 9.64 Å². The molecule has 5 nitrogen and oxygen atoms in total. The number of fused-ring (bicyclic) bond motifs is 1. The molecule has 4 rings (SSSR count). The minimum atomic E-state index is -3.02. The molecule has 2 heterocycles. The predicted molar refractivity (Wildman–Crippen MR) is 112 cm³/mol. The highest BCUT2D eigenvalue weighted by Gasteiger charge is 2.47. The average molecular weight is 403 g/mol. The van der Waals surface area contributed by atoms with Crippen molar-refractivity contribution in [1.82, 2.24) is 0 Å². The van der Waals surface area contributed by atoms with E-state index in [4.69, 9.17) is 9.73 Å². The summed E-state index contributed by atoms with van der Waals surface area (Å²) in [4.78, 5) is 6.84. The molecule has 0 aliphatic carbocycles. The second-order valence-corrected chi connectivity index (χ2v) is 10.1. The fourth-order valence-electron chi connectivity index (χ4n) is 3.45. The number of ether oxygens (including phenoxy) is 1. The van der Waals surface area contributed by atoms with Gasteiger partial charge in [0.05, 0.1) is 30.2 Å². The van der Waals surface area contributed by atoms with Gasteiger partial charge in [0, 0.05) is 11.4 Å². The molecule has 27 heavy (non-hydrogen) atoms. The van der Waals surface area contributed by atoms with Gasteiger partial charge in [0.15, 0.2) is 15.0 Å². The number of hydrogen-bond acceptors (Lipinski definition) is 6. The molecule has 0 aromatic heterocycles. The van der Waals surface area contributed by atoms with Crippen molar-refractivity contribution < 1.29 is 13.2 Å². The van der Waals surface area contributed by atoms with Gasteiger partial charge in [-0.25, -0.2) is 8.42 Å². The van der Waals surface area contributed by atoms with Gasteiger partial charge in [0.25, 0.3) is 0 Å². The summed E-state index contributed by atoms with van der Waals surface area (Å²) in [5.41, 5.74) is 2.18.